The molecule has 1 aliphatic heterocycles. The Kier molecular flexibility index (Phi) is 5.83. The molecule has 1 aromatic carbocycles. The monoisotopic (exact) mass is 414 g/mol. The molecule has 146 valence electrons. The minimum Gasteiger partial charge on any atom is -0.309 e. The van der Waals surface area contributed by atoms with Gasteiger partial charge in [0.25, 0.3) is 0 Å². The average Bonchev–Trinajstić information content (AvgIpc) is 3.05. The van der Waals surface area contributed by atoms with Crippen molar-refractivity contribution in [1.82, 2.24) is 14.1 Å². The second kappa shape index (κ2) is 7.95. The number of hydrogen-bond donors (Lipinski definition) is 1. The number of rotatable bonds is 5. The molecule has 2 heterocycles. The number of carbonyl (C=O) groups excluding carboxylic acids is 1. The molecule has 0 unspecified atom stereocenters. The zero-order valence-corrected chi connectivity index (χ0v) is 16.3. The summed E-state index contributed by atoms with van der Waals surface area (Å²) in [7, 11) is -3.32. The summed E-state index contributed by atoms with van der Waals surface area (Å²) in [4.78, 5) is 12.5. The van der Waals surface area contributed by atoms with E-state index >= 15 is 0 Å². The quantitative estimate of drug-likeness (QED) is 0.813. The normalized spacial score (nSPS) is 18.4. The molecule has 1 N–H and O–H groups in total. The number of benzene rings is 1. The Morgan fingerprint density at radius 2 is 2.19 bits per heavy atom. The molecule has 0 aliphatic carbocycles. The van der Waals surface area contributed by atoms with E-state index in [4.69, 9.17) is 11.6 Å². The molecule has 3 rings (SSSR count). The van der Waals surface area contributed by atoms with Crippen LogP contribution in [0.4, 0.5) is 10.2 Å². The van der Waals surface area contributed by atoms with Gasteiger partial charge in [0, 0.05) is 35.9 Å². The lowest BCUT2D eigenvalue weighted by atomic mass is 9.99. The third-order valence-electron chi connectivity index (χ3n) is 4.50. The second-order valence-electron chi connectivity index (χ2n) is 6.55. The molecule has 1 saturated heterocycles. The summed E-state index contributed by atoms with van der Waals surface area (Å²) in [6.45, 7) is 0.726. The molecule has 27 heavy (non-hydrogen) atoms. The van der Waals surface area contributed by atoms with E-state index in [9.17, 15) is 17.6 Å². The topological polar surface area (TPSA) is 84.3 Å². The van der Waals surface area contributed by atoms with Crippen LogP contribution in [0.3, 0.4) is 0 Å². The van der Waals surface area contributed by atoms with Gasteiger partial charge in [0.2, 0.25) is 15.9 Å². The number of hydrogen-bond acceptors (Lipinski definition) is 4. The minimum absolute atomic E-state index is 0.132. The zero-order chi connectivity index (χ0) is 19.6. The van der Waals surface area contributed by atoms with Crippen molar-refractivity contribution in [3.05, 3.63) is 46.9 Å². The first-order chi connectivity index (χ1) is 12.7. The highest BCUT2D eigenvalue weighted by Crippen LogP contribution is 2.22. The zero-order valence-electron chi connectivity index (χ0n) is 14.7. The molecule has 10 heteroatoms. The van der Waals surface area contributed by atoms with Gasteiger partial charge in [0.05, 0.1) is 18.7 Å². The number of nitrogens with zero attached hydrogens (tertiary/aromatic N) is 3. The van der Waals surface area contributed by atoms with Crippen molar-refractivity contribution in [1.29, 1.82) is 0 Å². The van der Waals surface area contributed by atoms with E-state index in [1.54, 1.807) is 18.3 Å². The minimum atomic E-state index is -3.32. The summed E-state index contributed by atoms with van der Waals surface area (Å²) in [5.41, 5.74) is 0.316. The van der Waals surface area contributed by atoms with Crippen LogP contribution in [-0.4, -0.2) is 47.8 Å². The third kappa shape index (κ3) is 4.85. The highest BCUT2D eigenvalue weighted by atomic mass is 35.5. The number of halogens is 2. The number of nitrogens with one attached hydrogen (secondary N) is 1. The van der Waals surface area contributed by atoms with Crippen LogP contribution in [0.1, 0.15) is 18.4 Å². The van der Waals surface area contributed by atoms with Gasteiger partial charge in [-0.15, -0.1) is 0 Å². The predicted molar refractivity (Wildman–Crippen MR) is 101 cm³/mol. The van der Waals surface area contributed by atoms with Gasteiger partial charge in [-0.05, 0) is 25.0 Å². The molecule has 2 aromatic rings. The van der Waals surface area contributed by atoms with Crippen molar-refractivity contribution in [2.24, 2.45) is 5.92 Å². The molecule has 1 amide bonds. The molecule has 1 aromatic heterocycles. The summed E-state index contributed by atoms with van der Waals surface area (Å²) in [6, 6.07) is 6.05. The molecule has 0 bridgehead atoms. The Bertz CT molecular complexity index is 927. The number of aromatic nitrogens is 2. The fraction of sp³-hybridized carbons (Fsp3) is 0.412. The van der Waals surface area contributed by atoms with Crippen LogP contribution in [0, 0.1) is 11.7 Å². The van der Waals surface area contributed by atoms with Crippen molar-refractivity contribution in [2.45, 2.75) is 19.4 Å². The van der Waals surface area contributed by atoms with Gasteiger partial charge in [-0.1, -0.05) is 17.7 Å². The van der Waals surface area contributed by atoms with Gasteiger partial charge in [-0.3, -0.25) is 9.48 Å². The van der Waals surface area contributed by atoms with Crippen LogP contribution in [0.5, 0.6) is 0 Å². The highest BCUT2D eigenvalue weighted by molar-refractivity contribution is 7.88. The van der Waals surface area contributed by atoms with Crippen LogP contribution in [0.2, 0.25) is 5.02 Å². The lowest BCUT2D eigenvalue weighted by Gasteiger charge is -2.29. The molecule has 7 nitrogen and oxygen atoms in total. The Morgan fingerprint density at radius 1 is 1.41 bits per heavy atom. The number of sulfonamides is 1. The molecular weight excluding hydrogens is 395 g/mol. The van der Waals surface area contributed by atoms with Crippen molar-refractivity contribution in [2.75, 3.05) is 24.7 Å². The first-order valence-corrected chi connectivity index (χ1v) is 10.7. The first kappa shape index (κ1) is 19.8. The van der Waals surface area contributed by atoms with Gasteiger partial charge >= 0.3 is 0 Å². The van der Waals surface area contributed by atoms with E-state index in [1.807, 2.05) is 0 Å². The lowest BCUT2D eigenvalue weighted by molar-refractivity contribution is -0.120. The molecule has 1 fully saturated rings. The second-order valence-corrected chi connectivity index (χ2v) is 8.94. The molecular formula is C17H20ClFN4O3S. The van der Waals surface area contributed by atoms with Crippen LogP contribution >= 0.6 is 11.6 Å². The van der Waals surface area contributed by atoms with E-state index in [0.717, 1.165) is 6.26 Å². The maximum atomic E-state index is 13.9. The average molecular weight is 415 g/mol. The highest BCUT2D eigenvalue weighted by Gasteiger charge is 2.30. The third-order valence-corrected chi connectivity index (χ3v) is 6.12. The van der Waals surface area contributed by atoms with Gasteiger partial charge in [-0.2, -0.15) is 5.10 Å². The standard InChI is InChI=1S/C17H20ClFN4O3S/c1-27(25,26)23-8-3-4-12(10-23)17(24)20-16-7-9-22(21-16)11-13-14(18)5-2-6-15(13)19/h2,5-7,9,12H,3-4,8,10-11H2,1H3,(H,20,21,24)/t12-/m0/s1. The van der Waals surface area contributed by atoms with Crippen LogP contribution in [-0.2, 0) is 21.4 Å². The van der Waals surface area contributed by atoms with E-state index in [1.165, 1.54) is 21.1 Å². The molecule has 0 spiro atoms. The lowest BCUT2D eigenvalue weighted by Crippen LogP contribution is -2.43. The summed E-state index contributed by atoms with van der Waals surface area (Å²) >= 11 is 6.02. The van der Waals surface area contributed by atoms with E-state index in [2.05, 4.69) is 10.4 Å². The fourth-order valence-corrected chi connectivity index (χ4v) is 4.18. The smallest absolute Gasteiger partial charge is 0.230 e. The van der Waals surface area contributed by atoms with Crippen LogP contribution < -0.4 is 5.32 Å². The number of anilines is 1. The fourth-order valence-electron chi connectivity index (χ4n) is 3.05. The first-order valence-electron chi connectivity index (χ1n) is 8.46. The maximum absolute atomic E-state index is 13.9. The van der Waals surface area contributed by atoms with Crippen molar-refractivity contribution in [3.63, 3.8) is 0 Å². The SMILES string of the molecule is CS(=O)(=O)N1CCC[C@H](C(=O)Nc2ccn(Cc3c(F)cccc3Cl)n2)C1. The molecule has 0 radical (unpaired) electrons. The van der Waals surface area contributed by atoms with E-state index < -0.39 is 21.8 Å². The predicted octanol–water partition coefficient (Wildman–Crippen LogP) is 2.33. The summed E-state index contributed by atoms with van der Waals surface area (Å²) in [6.07, 6.45) is 4.00. The Labute approximate surface area is 162 Å². The summed E-state index contributed by atoms with van der Waals surface area (Å²) in [5.74, 6) is -0.812. The maximum Gasteiger partial charge on any atom is 0.230 e. The van der Waals surface area contributed by atoms with Crippen molar-refractivity contribution >= 4 is 33.3 Å². The van der Waals surface area contributed by atoms with Gasteiger partial charge in [0.1, 0.15) is 5.82 Å². The Balaban J connectivity index is 1.64. The van der Waals surface area contributed by atoms with Gasteiger partial charge < -0.3 is 5.32 Å². The largest absolute Gasteiger partial charge is 0.309 e. The number of piperidine rings is 1. The van der Waals surface area contributed by atoms with Crippen molar-refractivity contribution in [3.8, 4) is 0 Å². The van der Waals surface area contributed by atoms with Crippen molar-refractivity contribution < 1.29 is 17.6 Å². The Hall–Kier alpha value is -1.97. The summed E-state index contributed by atoms with van der Waals surface area (Å²) in [5, 5.41) is 7.22. The van der Waals surface area contributed by atoms with Gasteiger partial charge in [0.15, 0.2) is 5.82 Å². The van der Waals surface area contributed by atoms with Crippen LogP contribution in [0.15, 0.2) is 30.5 Å². The Morgan fingerprint density at radius 3 is 2.89 bits per heavy atom. The number of amides is 1. The van der Waals surface area contributed by atoms with Gasteiger partial charge in [-0.25, -0.2) is 17.1 Å². The van der Waals surface area contributed by atoms with E-state index in [0.29, 0.717) is 35.8 Å². The van der Waals surface area contributed by atoms with E-state index in [-0.39, 0.29) is 19.0 Å². The molecule has 1 aliphatic rings. The molecule has 0 saturated carbocycles. The summed E-state index contributed by atoms with van der Waals surface area (Å²) < 4.78 is 40.0. The van der Waals surface area contributed by atoms with Crippen LogP contribution in [0.25, 0.3) is 0 Å². The number of carbonyl (C=O) groups is 1. The molecule has 1 atom stereocenters.